The molecule has 3 heteroatoms. The van der Waals surface area contributed by atoms with Crippen molar-refractivity contribution in [1.29, 1.82) is 0 Å². The summed E-state index contributed by atoms with van der Waals surface area (Å²) < 4.78 is 1.16. The van der Waals surface area contributed by atoms with E-state index in [9.17, 15) is 0 Å². The minimum atomic E-state index is 0.875. The lowest BCUT2D eigenvalue weighted by atomic mass is 10.1. The van der Waals surface area contributed by atoms with Crippen molar-refractivity contribution in [2.24, 2.45) is 0 Å². The smallest absolute Gasteiger partial charge is 0.0734 e. The summed E-state index contributed by atoms with van der Waals surface area (Å²) in [6, 6.07) is 18.8. The number of hydrogen-bond acceptors (Lipinski definition) is 2. The zero-order valence-corrected chi connectivity index (χ0v) is 13.3. The highest BCUT2D eigenvalue weighted by Crippen LogP contribution is 2.17. The Bertz CT molecular complexity index is 735. The van der Waals surface area contributed by atoms with Gasteiger partial charge >= 0.3 is 0 Å². The van der Waals surface area contributed by atoms with Crippen molar-refractivity contribution in [3.05, 3.63) is 76.4 Å². The molecule has 21 heavy (non-hydrogen) atoms. The Hall–Kier alpha value is -1.71. The highest BCUT2D eigenvalue weighted by atomic mass is 79.9. The Kier molecular flexibility index (Phi) is 4.63. The van der Waals surface area contributed by atoms with E-state index in [-0.39, 0.29) is 0 Å². The van der Waals surface area contributed by atoms with Crippen LogP contribution < -0.4 is 5.32 Å². The van der Waals surface area contributed by atoms with Crippen LogP contribution in [0.25, 0.3) is 10.9 Å². The summed E-state index contributed by atoms with van der Waals surface area (Å²) in [5.74, 6) is 0. The summed E-state index contributed by atoms with van der Waals surface area (Å²) in [5.41, 5.74) is 3.70. The maximum Gasteiger partial charge on any atom is 0.0734 e. The lowest BCUT2D eigenvalue weighted by Crippen LogP contribution is -2.17. The SMILES string of the molecule is Brc1ccccc1CNCCc1cccc2cccnc12. The summed E-state index contributed by atoms with van der Waals surface area (Å²) in [7, 11) is 0. The molecule has 3 rings (SSSR count). The average molecular weight is 341 g/mol. The van der Waals surface area contributed by atoms with Gasteiger partial charge in [0.15, 0.2) is 0 Å². The van der Waals surface area contributed by atoms with E-state index in [2.05, 4.69) is 68.7 Å². The van der Waals surface area contributed by atoms with Gasteiger partial charge in [-0.3, -0.25) is 4.98 Å². The van der Waals surface area contributed by atoms with Crippen molar-refractivity contribution in [3.63, 3.8) is 0 Å². The topological polar surface area (TPSA) is 24.9 Å². The van der Waals surface area contributed by atoms with E-state index >= 15 is 0 Å². The Labute approximate surface area is 133 Å². The molecular weight excluding hydrogens is 324 g/mol. The predicted octanol–water partition coefficient (Wildman–Crippen LogP) is 4.33. The van der Waals surface area contributed by atoms with E-state index in [0.717, 1.165) is 29.5 Å². The molecule has 0 radical (unpaired) electrons. The fourth-order valence-corrected chi connectivity index (χ4v) is 2.88. The van der Waals surface area contributed by atoms with Crippen molar-refractivity contribution in [1.82, 2.24) is 10.3 Å². The van der Waals surface area contributed by atoms with Gasteiger partial charge in [-0.2, -0.15) is 0 Å². The number of benzene rings is 2. The van der Waals surface area contributed by atoms with Crippen LogP contribution in [-0.2, 0) is 13.0 Å². The third-order valence-corrected chi connectivity index (χ3v) is 4.33. The van der Waals surface area contributed by atoms with Crippen molar-refractivity contribution < 1.29 is 0 Å². The van der Waals surface area contributed by atoms with Gasteiger partial charge in [-0.1, -0.05) is 58.4 Å². The number of hydrogen-bond donors (Lipinski definition) is 1. The van der Waals surface area contributed by atoms with Crippen LogP contribution in [-0.4, -0.2) is 11.5 Å². The molecule has 0 aliphatic rings. The summed E-state index contributed by atoms with van der Waals surface area (Å²) in [5, 5.41) is 4.71. The third kappa shape index (κ3) is 3.49. The van der Waals surface area contributed by atoms with Crippen molar-refractivity contribution in [2.45, 2.75) is 13.0 Å². The number of pyridine rings is 1. The molecule has 106 valence electrons. The zero-order chi connectivity index (χ0) is 14.5. The number of fused-ring (bicyclic) bond motifs is 1. The normalized spacial score (nSPS) is 10.9. The number of nitrogens with one attached hydrogen (secondary N) is 1. The van der Waals surface area contributed by atoms with Gasteiger partial charge in [0.05, 0.1) is 5.52 Å². The summed E-state index contributed by atoms with van der Waals surface area (Å²) in [6.07, 6.45) is 2.85. The van der Waals surface area contributed by atoms with Crippen LogP contribution >= 0.6 is 15.9 Å². The molecule has 1 heterocycles. The lowest BCUT2D eigenvalue weighted by molar-refractivity contribution is 0.686. The molecule has 0 saturated heterocycles. The third-order valence-electron chi connectivity index (χ3n) is 3.56. The second-order valence-electron chi connectivity index (χ2n) is 5.01. The minimum Gasteiger partial charge on any atom is -0.312 e. The number of halogens is 1. The summed E-state index contributed by atoms with van der Waals surface area (Å²) in [6.45, 7) is 1.82. The van der Waals surface area contributed by atoms with Gasteiger partial charge in [-0.05, 0) is 36.2 Å². The molecule has 0 saturated carbocycles. The van der Waals surface area contributed by atoms with Crippen LogP contribution in [0, 0.1) is 0 Å². The Morgan fingerprint density at radius 3 is 2.62 bits per heavy atom. The first-order valence-electron chi connectivity index (χ1n) is 7.11. The van der Waals surface area contributed by atoms with Crippen molar-refractivity contribution in [2.75, 3.05) is 6.54 Å². The second-order valence-corrected chi connectivity index (χ2v) is 5.86. The number of rotatable bonds is 5. The highest BCUT2D eigenvalue weighted by Gasteiger charge is 2.02. The quantitative estimate of drug-likeness (QED) is 0.699. The average Bonchev–Trinajstić information content (AvgIpc) is 2.53. The monoisotopic (exact) mass is 340 g/mol. The molecule has 0 aliphatic heterocycles. The van der Waals surface area contributed by atoms with E-state index in [1.807, 2.05) is 18.3 Å². The number of aromatic nitrogens is 1. The first kappa shape index (κ1) is 14.2. The van der Waals surface area contributed by atoms with Crippen LogP contribution in [0.2, 0.25) is 0 Å². The fraction of sp³-hybridized carbons (Fsp3) is 0.167. The summed E-state index contributed by atoms with van der Waals surface area (Å²) >= 11 is 3.58. The van der Waals surface area contributed by atoms with Crippen LogP contribution in [0.15, 0.2) is 65.3 Å². The van der Waals surface area contributed by atoms with Gasteiger partial charge in [-0.25, -0.2) is 0 Å². The van der Waals surface area contributed by atoms with Gasteiger partial charge in [0, 0.05) is 22.6 Å². The lowest BCUT2D eigenvalue weighted by Gasteiger charge is -2.08. The first-order chi connectivity index (χ1) is 10.3. The van der Waals surface area contributed by atoms with Gasteiger partial charge in [-0.15, -0.1) is 0 Å². The molecule has 1 N–H and O–H groups in total. The second kappa shape index (κ2) is 6.83. The molecule has 2 aromatic carbocycles. The maximum absolute atomic E-state index is 4.50. The van der Waals surface area contributed by atoms with E-state index < -0.39 is 0 Å². The van der Waals surface area contributed by atoms with Crippen molar-refractivity contribution in [3.8, 4) is 0 Å². The van der Waals surface area contributed by atoms with Crippen LogP contribution in [0.5, 0.6) is 0 Å². The highest BCUT2D eigenvalue weighted by molar-refractivity contribution is 9.10. The largest absolute Gasteiger partial charge is 0.312 e. The molecule has 0 aliphatic carbocycles. The Morgan fingerprint density at radius 2 is 1.71 bits per heavy atom. The van der Waals surface area contributed by atoms with Gasteiger partial charge in [0.1, 0.15) is 0 Å². The summed E-state index contributed by atoms with van der Waals surface area (Å²) in [4.78, 5) is 4.50. The molecule has 0 spiro atoms. The van der Waals surface area contributed by atoms with Gasteiger partial charge in [0.25, 0.3) is 0 Å². The van der Waals surface area contributed by atoms with Gasteiger partial charge in [0.2, 0.25) is 0 Å². The molecule has 3 aromatic rings. The van der Waals surface area contributed by atoms with E-state index in [1.54, 1.807) is 0 Å². The minimum absolute atomic E-state index is 0.875. The maximum atomic E-state index is 4.50. The van der Waals surface area contributed by atoms with Crippen LogP contribution in [0.4, 0.5) is 0 Å². The van der Waals surface area contributed by atoms with E-state index in [0.29, 0.717) is 0 Å². The molecule has 0 bridgehead atoms. The van der Waals surface area contributed by atoms with Gasteiger partial charge < -0.3 is 5.32 Å². The number of para-hydroxylation sites is 1. The standard InChI is InChI=1S/C18H17BrN2/c19-17-9-2-1-5-16(17)13-20-12-10-15-7-3-6-14-8-4-11-21-18(14)15/h1-9,11,20H,10,12-13H2. The fourth-order valence-electron chi connectivity index (χ4n) is 2.46. The molecule has 2 nitrogen and oxygen atoms in total. The van der Waals surface area contributed by atoms with Crippen molar-refractivity contribution >= 4 is 26.8 Å². The Morgan fingerprint density at radius 1 is 0.905 bits per heavy atom. The molecule has 0 fully saturated rings. The van der Waals surface area contributed by atoms with Crippen LogP contribution in [0.1, 0.15) is 11.1 Å². The molecule has 0 unspecified atom stereocenters. The Balaban J connectivity index is 1.61. The zero-order valence-electron chi connectivity index (χ0n) is 11.7. The number of nitrogens with zero attached hydrogens (tertiary/aromatic N) is 1. The van der Waals surface area contributed by atoms with Crippen LogP contribution in [0.3, 0.4) is 0 Å². The first-order valence-corrected chi connectivity index (χ1v) is 7.90. The van der Waals surface area contributed by atoms with E-state index in [4.69, 9.17) is 0 Å². The molecule has 1 aromatic heterocycles. The molecule has 0 amide bonds. The molecule has 0 atom stereocenters. The molecular formula is C18H17BrN2. The predicted molar refractivity (Wildman–Crippen MR) is 91.3 cm³/mol. The van der Waals surface area contributed by atoms with E-state index in [1.165, 1.54) is 16.5 Å².